The van der Waals surface area contributed by atoms with Crippen LogP contribution in [0.25, 0.3) is 0 Å². The zero-order chi connectivity index (χ0) is 15.6. The predicted molar refractivity (Wildman–Crippen MR) is 81.3 cm³/mol. The Labute approximate surface area is 128 Å². The second-order valence-electron chi connectivity index (χ2n) is 5.36. The molecule has 1 unspecified atom stereocenters. The first-order chi connectivity index (χ1) is 10.6. The Morgan fingerprint density at radius 2 is 1.82 bits per heavy atom. The number of carbonyl (C=O) groups excluding carboxylic acids is 1. The van der Waals surface area contributed by atoms with E-state index in [4.69, 9.17) is 10.5 Å². The van der Waals surface area contributed by atoms with E-state index in [0.29, 0.717) is 17.2 Å². The van der Waals surface area contributed by atoms with Gasteiger partial charge in [-0.25, -0.2) is 4.79 Å². The molecule has 1 aliphatic carbocycles. The smallest absolute Gasteiger partial charge is 0.342 e. The fraction of sp³-hybridized carbons (Fsp3) is 0.235. The van der Waals surface area contributed by atoms with Gasteiger partial charge >= 0.3 is 6.03 Å². The van der Waals surface area contributed by atoms with Crippen LogP contribution in [0, 0.1) is 0 Å². The topological polar surface area (TPSA) is 75.8 Å². The molecule has 1 aliphatic rings. The molecule has 2 aromatic rings. The summed E-state index contributed by atoms with van der Waals surface area (Å²) < 4.78 is 6.07. The third kappa shape index (κ3) is 2.40. The summed E-state index contributed by atoms with van der Waals surface area (Å²) in [4.78, 5) is 11.6. The summed E-state index contributed by atoms with van der Waals surface area (Å²) in [7, 11) is 0. The van der Waals surface area contributed by atoms with Gasteiger partial charge in [0.2, 0.25) is 5.72 Å². The molecule has 0 spiro atoms. The van der Waals surface area contributed by atoms with Crippen LogP contribution in [-0.2, 0) is 12.1 Å². The Balaban J connectivity index is 2.11. The lowest BCUT2D eigenvalue weighted by molar-refractivity contribution is -0.222. The van der Waals surface area contributed by atoms with Crippen molar-refractivity contribution in [1.82, 2.24) is 5.06 Å². The molecule has 3 N–H and O–H groups in total. The number of hydroxylamine groups is 2. The van der Waals surface area contributed by atoms with Crippen molar-refractivity contribution in [3.8, 4) is 5.75 Å². The molecule has 114 valence electrons. The monoisotopic (exact) mass is 298 g/mol. The molecule has 0 saturated heterocycles. The van der Waals surface area contributed by atoms with Gasteiger partial charge in [0.25, 0.3) is 0 Å². The molecule has 0 aromatic heterocycles. The van der Waals surface area contributed by atoms with Gasteiger partial charge in [-0.05, 0) is 30.5 Å². The molecule has 0 radical (unpaired) electrons. The summed E-state index contributed by atoms with van der Waals surface area (Å²) in [6.45, 7) is 0. The van der Waals surface area contributed by atoms with E-state index in [1.54, 1.807) is 12.1 Å². The van der Waals surface area contributed by atoms with Crippen molar-refractivity contribution in [2.45, 2.75) is 25.0 Å². The highest BCUT2D eigenvalue weighted by atomic mass is 16.6. The maximum atomic E-state index is 11.6. The number of carbonyl (C=O) groups is 1. The Morgan fingerprint density at radius 3 is 2.55 bits per heavy atom. The second-order valence-corrected chi connectivity index (χ2v) is 5.36. The fourth-order valence-electron chi connectivity index (χ4n) is 3.00. The van der Waals surface area contributed by atoms with Crippen LogP contribution in [-0.4, -0.2) is 16.3 Å². The minimum atomic E-state index is -1.29. The lowest BCUT2D eigenvalue weighted by Gasteiger charge is -2.42. The SMILES string of the molecule is NC(=O)N(O)C1(Oc2ccccc2)CCCc2ccccc21. The van der Waals surface area contributed by atoms with Gasteiger partial charge in [-0.1, -0.05) is 42.5 Å². The number of ether oxygens (including phenoxy) is 1. The highest BCUT2D eigenvalue weighted by Gasteiger charge is 2.46. The maximum absolute atomic E-state index is 11.6. The maximum Gasteiger partial charge on any atom is 0.342 e. The van der Waals surface area contributed by atoms with Gasteiger partial charge in [0.05, 0.1) is 0 Å². The van der Waals surface area contributed by atoms with Gasteiger partial charge in [0.1, 0.15) is 5.75 Å². The third-order valence-electron chi connectivity index (χ3n) is 3.98. The zero-order valence-corrected chi connectivity index (χ0v) is 12.1. The van der Waals surface area contributed by atoms with E-state index in [0.717, 1.165) is 24.0 Å². The molecular formula is C17H18N2O3. The second kappa shape index (κ2) is 5.69. The standard InChI is InChI=1S/C17H18N2O3/c18-16(20)19(21)17(22-14-9-2-1-3-10-14)12-6-8-13-7-4-5-11-15(13)17/h1-5,7,9-11,21H,6,8,12H2,(H2,18,20). The summed E-state index contributed by atoms with van der Waals surface area (Å²) in [6, 6.07) is 15.8. The van der Waals surface area contributed by atoms with Crippen molar-refractivity contribution in [2.24, 2.45) is 5.73 Å². The van der Waals surface area contributed by atoms with Crippen molar-refractivity contribution < 1.29 is 14.7 Å². The molecule has 0 heterocycles. The molecule has 22 heavy (non-hydrogen) atoms. The van der Waals surface area contributed by atoms with Crippen LogP contribution < -0.4 is 10.5 Å². The fourth-order valence-corrected chi connectivity index (χ4v) is 3.00. The van der Waals surface area contributed by atoms with Crippen molar-refractivity contribution in [3.05, 3.63) is 65.7 Å². The van der Waals surface area contributed by atoms with Crippen LogP contribution in [0.3, 0.4) is 0 Å². The molecule has 0 aliphatic heterocycles. The quantitative estimate of drug-likeness (QED) is 0.519. The summed E-state index contributed by atoms with van der Waals surface area (Å²) in [5.74, 6) is 0.569. The molecule has 3 rings (SSSR count). The van der Waals surface area contributed by atoms with E-state index >= 15 is 0 Å². The number of hydrogen-bond donors (Lipinski definition) is 2. The van der Waals surface area contributed by atoms with Crippen LogP contribution in [0.4, 0.5) is 4.79 Å². The van der Waals surface area contributed by atoms with Crippen molar-refractivity contribution in [1.29, 1.82) is 0 Å². The van der Waals surface area contributed by atoms with Crippen molar-refractivity contribution in [2.75, 3.05) is 0 Å². The molecule has 2 amide bonds. The highest BCUT2D eigenvalue weighted by Crippen LogP contribution is 2.41. The van der Waals surface area contributed by atoms with Crippen LogP contribution >= 0.6 is 0 Å². The minimum Gasteiger partial charge on any atom is -0.461 e. The number of aryl methyl sites for hydroxylation is 1. The van der Waals surface area contributed by atoms with Crippen LogP contribution in [0.5, 0.6) is 5.75 Å². The number of urea groups is 1. The zero-order valence-electron chi connectivity index (χ0n) is 12.1. The van der Waals surface area contributed by atoms with E-state index in [1.165, 1.54) is 0 Å². The largest absolute Gasteiger partial charge is 0.461 e. The Hall–Kier alpha value is -2.53. The number of nitrogens with zero attached hydrogens (tertiary/aromatic N) is 1. The van der Waals surface area contributed by atoms with Gasteiger partial charge in [-0.3, -0.25) is 5.21 Å². The van der Waals surface area contributed by atoms with E-state index in [1.807, 2.05) is 42.5 Å². The van der Waals surface area contributed by atoms with Gasteiger partial charge in [-0.2, -0.15) is 5.06 Å². The summed E-state index contributed by atoms with van der Waals surface area (Å²) in [6.07, 6.45) is 2.13. The molecule has 5 nitrogen and oxygen atoms in total. The van der Waals surface area contributed by atoms with Crippen LogP contribution in [0.1, 0.15) is 24.0 Å². The highest BCUT2D eigenvalue weighted by molar-refractivity contribution is 5.72. The number of benzene rings is 2. The predicted octanol–water partition coefficient (Wildman–Crippen LogP) is 3.02. The molecule has 1 atom stereocenters. The first kappa shape index (κ1) is 14.4. The molecule has 0 saturated carbocycles. The third-order valence-corrected chi connectivity index (χ3v) is 3.98. The Kier molecular flexibility index (Phi) is 3.73. The Morgan fingerprint density at radius 1 is 1.14 bits per heavy atom. The molecule has 0 bridgehead atoms. The lowest BCUT2D eigenvalue weighted by atomic mass is 9.84. The Bertz CT molecular complexity index is 675. The summed E-state index contributed by atoms with van der Waals surface area (Å²) >= 11 is 0. The number of para-hydroxylation sites is 1. The van der Waals surface area contributed by atoms with Gasteiger partial charge in [0.15, 0.2) is 0 Å². The average molecular weight is 298 g/mol. The summed E-state index contributed by atoms with van der Waals surface area (Å²) in [5, 5.41) is 10.9. The van der Waals surface area contributed by atoms with Crippen molar-refractivity contribution >= 4 is 6.03 Å². The number of nitrogens with two attached hydrogens (primary N) is 1. The number of fused-ring (bicyclic) bond motifs is 1. The van der Waals surface area contributed by atoms with Gasteiger partial charge in [-0.15, -0.1) is 0 Å². The normalized spacial score (nSPS) is 20.0. The number of hydrogen-bond acceptors (Lipinski definition) is 3. The van der Waals surface area contributed by atoms with E-state index < -0.39 is 11.8 Å². The van der Waals surface area contributed by atoms with E-state index in [9.17, 15) is 10.0 Å². The van der Waals surface area contributed by atoms with Crippen LogP contribution in [0.15, 0.2) is 54.6 Å². The molecule has 5 heteroatoms. The number of primary amides is 1. The molecular weight excluding hydrogens is 280 g/mol. The first-order valence-electron chi connectivity index (χ1n) is 7.24. The molecule has 0 fully saturated rings. The average Bonchev–Trinajstić information content (AvgIpc) is 2.55. The summed E-state index contributed by atoms with van der Waals surface area (Å²) in [5.41, 5.74) is 5.85. The molecule has 2 aromatic carbocycles. The van der Waals surface area contributed by atoms with Gasteiger partial charge in [0, 0.05) is 12.0 Å². The van der Waals surface area contributed by atoms with Crippen LogP contribution in [0.2, 0.25) is 0 Å². The van der Waals surface area contributed by atoms with E-state index in [-0.39, 0.29) is 0 Å². The van der Waals surface area contributed by atoms with Crippen molar-refractivity contribution in [3.63, 3.8) is 0 Å². The lowest BCUT2D eigenvalue weighted by Crippen LogP contribution is -2.55. The van der Waals surface area contributed by atoms with Gasteiger partial charge < -0.3 is 10.5 Å². The minimum absolute atomic E-state index is 0.471. The number of rotatable bonds is 3. The first-order valence-corrected chi connectivity index (χ1v) is 7.24. The van der Waals surface area contributed by atoms with E-state index in [2.05, 4.69) is 0 Å². The number of amides is 2.